The highest BCUT2D eigenvalue weighted by Gasteiger charge is 2.20. The van der Waals surface area contributed by atoms with Crippen LogP contribution in [0.1, 0.15) is 59.3 Å². The van der Waals surface area contributed by atoms with Gasteiger partial charge in [-0.1, -0.05) is 13.3 Å². The molecule has 6 heteroatoms. The molecule has 0 unspecified atom stereocenters. The van der Waals surface area contributed by atoms with Crippen LogP contribution in [0, 0.1) is 0 Å². The van der Waals surface area contributed by atoms with Crippen molar-refractivity contribution in [2.24, 2.45) is 0 Å². The zero-order valence-corrected chi connectivity index (χ0v) is 11.9. The van der Waals surface area contributed by atoms with Crippen molar-refractivity contribution >= 4 is 17.9 Å². The minimum absolute atomic E-state index is 0.0447. The van der Waals surface area contributed by atoms with Crippen LogP contribution in [0.25, 0.3) is 0 Å². The van der Waals surface area contributed by atoms with Gasteiger partial charge in [-0.05, 0) is 33.1 Å². The molecular formula is C13H24N2O4. The first-order valence-electron chi connectivity index (χ1n) is 6.60. The molecule has 0 radical (unpaired) electrons. The maximum atomic E-state index is 11.5. The molecule has 0 bridgehead atoms. The molecule has 0 aromatic rings. The van der Waals surface area contributed by atoms with E-state index in [1.54, 1.807) is 0 Å². The Kier molecular flexibility index (Phi) is 7.79. The van der Waals surface area contributed by atoms with Gasteiger partial charge in [0.15, 0.2) is 0 Å². The molecule has 3 N–H and O–H groups in total. The van der Waals surface area contributed by atoms with Crippen LogP contribution in [0.3, 0.4) is 0 Å². The second kappa shape index (κ2) is 8.50. The number of rotatable bonds is 8. The highest BCUT2D eigenvalue weighted by molar-refractivity contribution is 5.94. The Morgan fingerprint density at radius 3 is 2.21 bits per heavy atom. The maximum absolute atomic E-state index is 11.5. The highest BCUT2D eigenvalue weighted by Crippen LogP contribution is 2.10. The van der Waals surface area contributed by atoms with Gasteiger partial charge in [0.1, 0.15) is 0 Å². The van der Waals surface area contributed by atoms with Gasteiger partial charge in [-0.3, -0.25) is 14.9 Å². The summed E-state index contributed by atoms with van der Waals surface area (Å²) >= 11 is 0. The first-order chi connectivity index (χ1) is 8.76. The number of carbonyl (C=O) groups excluding carboxylic acids is 2. The van der Waals surface area contributed by atoms with Crippen LogP contribution >= 0.6 is 0 Å². The fraction of sp³-hybridized carbons (Fsp3) is 0.769. The standard InChI is InChI=1S/C13H24N2O4/c1-4-9-13(2,3)15-12(19)14-10(16)7-5-6-8-11(17)18/h4-9H2,1-3H3,(H,17,18)(H2,14,15,16,19). The molecule has 6 nitrogen and oxygen atoms in total. The van der Waals surface area contributed by atoms with Crippen LogP contribution in [0.4, 0.5) is 4.79 Å². The monoisotopic (exact) mass is 272 g/mol. The number of unbranched alkanes of at least 4 members (excludes halogenated alkanes) is 1. The van der Waals surface area contributed by atoms with Gasteiger partial charge in [-0.25, -0.2) is 4.79 Å². The Morgan fingerprint density at radius 2 is 1.68 bits per heavy atom. The minimum Gasteiger partial charge on any atom is -0.481 e. The Bertz CT molecular complexity index is 327. The molecule has 0 saturated heterocycles. The van der Waals surface area contributed by atoms with Crippen molar-refractivity contribution in [3.05, 3.63) is 0 Å². The van der Waals surface area contributed by atoms with Gasteiger partial charge in [0.25, 0.3) is 0 Å². The summed E-state index contributed by atoms with van der Waals surface area (Å²) in [6, 6.07) is -0.498. The second-order valence-corrected chi connectivity index (χ2v) is 5.24. The van der Waals surface area contributed by atoms with Crippen LogP contribution in [0.15, 0.2) is 0 Å². The number of hydrogen-bond acceptors (Lipinski definition) is 3. The molecule has 0 aromatic heterocycles. The predicted octanol–water partition coefficient (Wildman–Crippen LogP) is 2.04. The lowest BCUT2D eigenvalue weighted by molar-refractivity contribution is -0.137. The third kappa shape index (κ3) is 10.1. The van der Waals surface area contributed by atoms with Crippen molar-refractivity contribution in [3.63, 3.8) is 0 Å². The summed E-state index contributed by atoms with van der Waals surface area (Å²) < 4.78 is 0. The van der Waals surface area contributed by atoms with E-state index >= 15 is 0 Å². The predicted molar refractivity (Wildman–Crippen MR) is 71.8 cm³/mol. The van der Waals surface area contributed by atoms with Crippen molar-refractivity contribution in [1.29, 1.82) is 0 Å². The van der Waals surface area contributed by atoms with Crippen LogP contribution < -0.4 is 10.6 Å². The number of carboxylic acids is 1. The third-order valence-corrected chi connectivity index (χ3v) is 2.62. The molecule has 0 spiro atoms. The molecule has 0 saturated carbocycles. The summed E-state index contributed by atoms with van der Waals surface area (Å²) in [5.41, 5.74) is -0.345. The first-order valence-corrected chi connectivity index (χ1v) is 6.60. The molecule has 0 aliphatic heterocycles. The SMILES string of the molecule is CCCC(C)(C)NC(=O)NC(=O)CCCCC(=O)O. The smallest absolute Gasteiger partial charge is 0.321 e. The number of carboxylic acid groups (broad SMARTS) is 1. The molecule has 0 aliphatic rings. The van der Waals surface area contributed by atoms with E-state index in [1.165, 1.54) is 0 Å². The van der Waals surface area contributed by atoms with Crippen molar-refractivity contribution in [2.45, 2.75) is 64.8 Å². The van der Waals surface area contributed by atoms with Crippen LogP contribution in [0.2, 0.25) is 0 Å². The van der Waals surface area contributed by atoms with Gasteiger partial charge in [0.2, 0.25) is 5.91 Å². The van der Waals surface area contributed by atoms with Gasteiger partial charge in [0.05, 0.1) is 0 Å². The van der Waals surface area contributed by atoms with E-state index in [1.807, 2.05) is 20.8 Å². The van der Waals surface area contributed by atoms with Gasteiger partial charge >= 0.3 is 12.0 Å². The van der Waals surface area contributed by atoms with E-state index in [0.29, 0.717) is 12.8 Å². The van der Waals surface area contributed by atoms with Crippen molar-refractivity contribution in [3.8, 4) is 0 Å². The maximum Gasteiger partial charge on any atom is 0.321 e. The fourth-order valence-electron chi connectivity index (χ4n) is 1.78. The Hall–Kier alpha value is -1.59. The number of amides is 3. The summed E-state index contributed by atoms with van der Waals surface area (Å²) in [6.07, 6.45) is 2.87. The van der Waals surface area contributed by atoms with E-state index in [9.17, 15) is 14.4 Å². The zero-order chi connectivity index (χ0) is 14.9. The summed E-state index contributed by atoms with van der Waals surface area (Å²) in [5.74, 6) is -1.25. The highest BCUT2D eigenvalue weighted by atomic mass is 16.4. The van der Waals surface area contributed by atoms with E-state index < -0.39 is 12.0 Å². The molecule has 110 valence electrons. The minimum atomic E-state index is -0.875. The molecule has 0 fully saturated rings. The largest absolute Gasteiger partial charge is 0.481 e. The lowest BCUT2D eigenvalue weighted by atomic mass is 9.99. The Labute approximate surface area is 113 Å². The number of aliphatic carboxylic acids is 1. The molecule has 19 heavy (non-hydrogen) atoms. The van der Waals surface area contributed by atoms with Crippen molar-refractivity contribution in [1.82, 2.24) is 10.6 Å². The normalized spacial score (nSPS) is 10.9. The molecule has 0 heterocycles. The topological polar surface area (TPSA) is 95.5 Å². The van der Waals surface area contributed by atoms with Crippen LogP contribution in [0.5, 0.6) is 0 Å². The molecular weight excluding hydrogens is 248 g/mol. The molecule has 3 amide bonds. The van der Waals surface area contributed by atoms with Crippen molar-refractivity contribution < 1.29 is 19.5 Å². The summed E-state index contributed by atoms with van der Waals surface area (Å²) in [6.45, 7) is 5.82. The van der Waals surface area contributed by atoms with Gasteiger partial charge in [-0.2, -0.15) is 0 Å². The Morgan fingerprint density at radius 1 is 1.11 bits per heavy atom. The molecule has 0 atom stereocenters. The molecule has 0 rings (SSSR count). The molecule has 0 aliphatic carbocycles. The second-order valence-electron chi connectivity index (χ2n) is 5.24. The zero-order valence-electron chi connectivity index (χ0n) is 11.9. The lowest BCUT2D eigenvalue weighted by Crippen LogP contribution is -2.49. The number of urea groups is 1. The van der Waals surface area contributed by atoms with Crippen molar-refractivity contribution in [2.75, 3.05) is 0 Å². The number of nitrogens with one attached hydrogen (secondary N) is 2. The average Bonchev–Trinajstić information content (AvgIpc) is 2.22. The van der Waals surface area contributed by atoms with E-state index in [-0.39, 0.29) is 24.3 Å². The van der Waals surface area contributed by atoms with Gasteiger partial charge < -0.3 is 10.4 Å². The van der Waals surface area contributed by atoms with E-state index in [0.717, 1.165) is 12.8 Å². The Balaban J connectivity index is 3.87. The number of imide groups is 1. The van der Waals surface area contributed by atoms with Crippen LogP contribution in [-0.4, -0.2) is 28.6 Å². The van der Waals surface area contributed by atoms with Crippen LogP contribution in [-0.2, 0) is 9.59 Å². The number of carbonyl (C=O) groups is 3. The van der Waals surface area contributed by atoms with E-state index in [2.05, 4.69) is 10.6 Å². The first kappa shape index (κ1) is 17.4. The summed E-state index contributed by atoms with van der Waals surface area (Å²) in [5, 5.41) is 13.4. The summed E-state index contributed by atoms with van der Waals surface area (Å²) in [4.78, 5) is 33.2. The third-order valence-electron chi connectivity index (χ3n) is 2.62. The van der Waals surface area contributed by atoms with E-state index in [4.69, 9.17) is 5.11 Å². The van der Waals surface area contributed by atoms with Gasteiger partial charge in [0, 0.05) is 18.4 Å². The quantitative estimate of drug-likeness (QED) is 0.589. The average molecular weight is 272 g/mol. The summed E-state index contributed by atoms with van der Waals surface area (Å²) in [7, 11) is 0. The molecule has 0 aromatic carbocycles. The van der Waals surface area contributed by atoms with Gasteiger partial charge in [-0.15, -0.1) is 0 Å². The number of hydrogen-bond donors (Lipinski definition) is 3. The lowest BCUT2D eigenvalue weighted by Gasteiger charge is -2.25. The fourth-order valence-corrected chi connectivity index (χ4v) is 1.78.